The van der Waals surface area contributed by atoms with Gasteiger partial charge in [0, 0.05) is 6.61 Å². The van der Waals surface area contributed by atoms with Gasteiger partial charge in [0.25, 0.3) is 0 Å². The molecule has 0 aromatic heterocycles. The van der Waals surface area contributed by atoms with Crippen molar-refractivity contribution in [2.45, 2.75) is 63.6 Å². The Morgan fingerprint density at radius 3 is 2.93 bits per heavy atom. The fraction of sp³-hybridized carbons (Fsp3) is 0.846. The standard InChI is InChI=1S/C13H22O2/c1-13(9-6-10-15-13)12(14)11-7-4-2-3-5-8-11/h7,12,14H,2-6,8-10H2,1H3. The lowest BCUT2D eigenvalue weighted by molar-refractivity contribution is -0.0626. The van der Waals surface area contributed by atoms with E-state index in [2.05, 4.69) is 13.0 Å². The molecule has 2 unspecified atom stereocenters. The third-order valence-electron chi connectivity index (χ3n) is 3.76. The summed E-state index contributed by atoms with van der Waals surface area (Å²) in [7, 11) is 0. The van der Waals surface area contributed by atoms with E-state index in [1.54, 1.807) is 0 Å². The second-order valence-corrected chi connectivity index (χ2v) is 5.05. The number of rotatable bonds is 2. The Kier molecular flexibility index (Phi) is 3.47. The van der Waals surface area contributed by atoms with Crippen LogP contribution in [0.1, 0.15) is 51.9 Å². The van der Waals surface area contributed by atoms with Crippen molar-refractivity contribution in [3.8, 4) is 0 Å². The zero-order chi connectivity index (χ0) is 10.7. The fourth-order valence-electron chi connectivity index (χ4n) is 2.70. The minimum Gasteiger partial charge on any atom is -0.386 e. The summed E-state index contributed by atoms with van der Waals surface area (Å²) >= 11 is 0. The van der Waals surface area contributed by atoms with Crippen molar-refractivity contribution in [2.75, 3.05) is 6.61 Å². The molecule has 2 heteroatoms. The molecule has 2 rings (SSSR count). The van der Waals surface area contributed by atoms with Gasteiger partial charge in [-0.1, -0.05) is 12.5 Å². The zero-order valence-electron chi connectivity index (χ0n) is 9.67. The van der Waals surface area contributed by atoms with E-state index >= 15 is 0 Å². The van der Waals surface area contributed by atoms with Crippen LogP contribution in [0.25, 0.3) is 0 Å². The van der Waals surface area contributed by atoms with Crippen molar-refractivity contribution in [2.24, 2.45) is 0 Å². The quantitative estimate of drug-likeness (QED) is 0.710. The van der Waals surface area contributed by atoms with Gasteiger partial charge in [-0.25, -0.2) is 0 Å². The molecule has 1 fully saturated rings. The van der Waals surface area contributed by atoms with E-state index < -0.39 is 0 Å². The third kappa shape index (κ3) is 2.43. The summed E-state index contributed by atoms with van der Waals surface area (Å²) in [6.45, 7) is 2.86. The summed E-state index contributed by atoms with van der Waals surface area (Å²) < 4.78 is 5.71. The first-order valence-corrected chi connectivity index (χ1v) is 6.23. The molecule has 0 aromatic carbocycles. The smallest absolute Gasteiger partial charge is 0.104 e. The lowest BCUT2D eigenvalue weighted by Gasteiger charge is -2.31. The third-order valence-corrected chi connectivity index (χ3v) is 3.76. The molecule has 1 N–H and O–H groups in total. The highest BCUT2D eigenvalue weighted by atomic mass is 16.5. The van der Waals surface area contributed by atoms with Crippen LogP contribution in [-0.4, -0.2) is 23.4 Å². The van der Waals surface area contributed by atoms with Crippen molar-refractivity contribution >= 4 is 0 Å². The topological polar surface area (TPSA) is 29.5 Å². The maximum absolute atomic E-state index is 10.4. The molecule has 2 aliphatic rings. The van der Waals surface area contributed by atoms with Gasteiger partial charge in [0.2, 0.25) is 0 Å². The Morgan fingerprint density at radius 1 is 1.33 bits per heavy atom. The molecule has 2 atom stereocenters. The Hall–Kier alpha value is -0.340. The Balaban J connectivity index is 2.04. The van der Waals surface area contributed by atoms with Gasteiger partial charge in [0.1, 0.15) is 6.10 Å². The molecule has 0 spiro atoms. The predicted molar refractivity (Wildman–Crippen MR) is 60.8 cm³/mol. The molecular weight excluding hydrogens is 188 g/mol. The van der Waals surface area contributed by atoms with E-state index in [9.17, 15) is 5.11 Å². The average Bonchev–Trinajstić information content (AvgIpc) is 2.54. The van der Waals surface area contributed by atoms with Crippen LogP contribution in [0.2, 0.25) is 0 Å². The average molecular weight is 210 g/mol. The summed E-state index contributed by atoms with van der Waals surface area (Å²) in [5, 5.41) is 10.4. The highest BCUT2D eigenvalue weighted by Crippen LogP contribution is 2.34. The number of aliphatic hydroxyl groups is 1. The number of hydrogen-bond donors (Lipinski definition) is 1. The van der Waals surface area contributed by atoms with Crippen LogP contribution in [0, 0.1) is 0 Å². The summed E-state index contributed by atoms with van der Waals surface area (Å²) in [6, 6.07) is 0. The lowest BCUT2D eigenvalue weighted by atomic mass is 9.88. The van der Waals surface area contributed by atoms with E-state index in [1.807, 2.05) is 0 Å². The van der Waals surface area contributed by atoms with Crippen LogP contribution in [0.5, 0.6) is 0 Å². The van der Waals surface area contributed by atoms with Gasteiger partial charge in [0.05, 0.1) is 5.60 Å². The second-order valence-electron chi connectivity index (χ2n) is 5.05. The zero-order valence-corrected chi connectivity index (χ0v) is 9.67. The van der Waals surface area contributed by atoms with Crippen LogP contribution in [0.15, 0.2) is 11.6 Å². The van der Waals surface area contributed by atoms with E-state index in [0.29, 0.717) is 0 Å². The van der Waals surface area contributed by atoms with Crippen molar-refractivity contribution in [1.29, 1.82) is 0 Å². The molecule has 86 valence electrons. The number of hydrogen-bond acceptors (Lipinski definition) is 2. The number of allylic oxidation sites excluding steroid dienone is 1. The highest BCUT2D eigenvalue weighted by Gasteiger charge is 2.38. The van der Waals surface area contributed by atoms with E-state index in [-0.39, 0.29) is 11.7 Å². The van der Waals surface area contributed by atoms with Crippen LogP contribution in [0.3, 0.4) is 0 Å². The van der Waals surface area contributed by atoms with Gasteiger partial charge in [-0.15, -0.1) is 0 Å². The van der Waals surface area contributed by atoms with Gasteiger partial charge in [-0.2, -0.15) is 0 Å². The predicted octanol–water partition coefficient (Wildman–Crippen LogP) is 2.81. The molecule has 0 aromatic rings. The first-order chi connectivity index (χ1) is 7.22. The molecule has 1 saturated heterocycles. The van der Waals surface area contributed by atoms with Gasteiger partial charge in [-0.05, 0) is 51.0 Å². The van der Waals surface area contributed by atoms with Gasteiger partial charge >= 0.3 is 0 Å². The summed E-state index contributed by atoms with van der Waals surface area (Å²) in [6.07, 6.45) is 9.91. The lowest BCUT2D eigenvalue weighted by Crippen LogP contribution is -2.39. The van der Waals surface area contributed by atoms with Gasteiger partial charge in [0.15, 0.2) is 0 Å². The van der Waals surface area contributed by atoms with Crippen LogP contribution in [0.4, 0.5) is 0 Å². The normalized spacial score (nSPS) is 34.7. The Morgan fingerprint density at radius 2 is 2.20 bits per heavy atom. The van der Waals surface area contributed by atoms with E-state index in [0.717, 1.165) is 32.3 Å². The summed E-state index contributed by atoms with van der Waals surface area (Å²) in [4.78, 5) is 0. The van der Waals surface area contributed by atoms with Crippen LogP contribution >= 0.6 is 0 Å². The second kappa shape index (κ2) is 4.67. The van der Waals surface area contributed by atoms with E-state index in [4.69, 9.17) is 4.74 Å². The monoisotopic (exact) mass is 210 g/mol. The summed E-state index contributed by atoms with van der Waals surface area (Å²) in [5.41, 5.74) is 0.910. The molecular formula is C13H22O2. The van der Waals surface area contributed by atoms with Gasteiger partial charge in [-0.3, -0.25) is 0 Å². The van der Waals surface area contributed by atoms with Crippen molar-refractivity contribution in [3.63, 3.8) is 0 Å². The van der Waals surface area contributed by atoms with Crippen molar-refractivity contribution < 1.29 is 9.84 Å². The molecule has 0 bridgehead atoms. The molecule has 1 aliphatic heterocycles. The Bertz CT molecular complexity index is 239. The maximum Gasteiger partial charge on any atom is 0.104 e. The van der Waals surface area contributed by atoms with Crippen molar-refractivity contribution in [3.05, 3.63) is 11.6 Å². The largest absolute Gasteiger partial charge is 0.386 e. The fourth-order valence-corrected chi connectivity index (χ4v) is 2.70. The molecule has 0 saturated carbocycles. The molecule has 1 heterocycles. The van der Waals surface area contributed by atoms with Crippen molar-refractivity contribution in [1.82, 2.24) is 0 Å². The highest BCUT2D eigenvalue weighted by molar-refractivity contribution is 5.15. The molecule has 15 heavy (non-hydrogen) atoms. The van der Waals surface area contributed by atoms with E-state index in [1.165, 1.54) is 24.8 Å². The van der Waals surface area contributed by atoms with Crippen LogP contribution < -0.4 is 0 Å². The molecule has 0 amide bonds. The minimum atomic E-state index is -0.377. The first-order valence-electron chi connectivity index (χ1n) is 6.23. The van der Waals surface area contributed by atoms with Gasteiger partial charge < -0.3 is 9.84 Å². The summed E-state index contributed by atoms with van der Waals surface area (Å²) in [5.74, 6) is 0. The minimum absolute atomic E-state index is 0.309. The maximum atomic E-state index is 10.4. The van der Waals surface area contributed by atoms with Crippen LogP contribution in [-0.2, 0) is 4.74 Å². The molecule has 0 radical (unpaired) electrons. The number of aliphatic hydroxyl groups excluding tert-OH is 1. The number of ether oxygens (including phenoxy) is 1. The first kappa shape index (κ1) is 11.2. The SMILES string of the molecule is CC1(C(O)C2=CCCCCC2)CCCO1. The molecule has 1 aliphatic carbocycles. The Labute approximate surface area is 92.3 Å². The molecule has 2 nitrogen and oxygen atoms in total.